The van der Waals surface area contributed by atoms with Crippen LogP contribution in [0.2, 0.25) is 10.0 Å². The zero-order valence-corrected chi connectivity index (χ0v) is 16.8. The Morgan fingerprint density at radius 2 is 1.70 bits per heavy atom. The topological polar surface area (TPSA) is 63.7 Å². The molecule has 1 saturated heterocycles. The van der Waals surface area contributed by atoms with E-state index in [0.717, 1.165) is 5.56 Å². The molecule has 0 saturated carbocycles. The average molecular weight is 428 g/mol. The van der Waals surface area contributed by atoms with Crippen molar-refractivity contribution in [3.63, 3.8) is 0 Å². The molecule has 1 aliphatic heterocycles. The summed E-state index contributed by atoms with van der Waals surface area (Å²) in [5.74, 6) is -0.284. The number of hydrogen-bond donors (Lipinski definition) is 0. The van der Waals surface area contributed by atoms with Crippen LogP contribution in [0.1, 0.15) is 22.0 Å². The minimum atomic E-state index is -2.99. The molecule has 0 spiro atoms. The lowest BCUT2D eigenvalue weighted by atomic mass is 10.1. The van der Waals surface area contributed by atoms with Crippen LogP contribution in [0.3, 0.4) is 0 Å². The number of benzene rings is 2. The van der Waals surface area contributed by atoms with Gasteiger partial charge in [0, 0.05) is 13.1 Å². The van der Waals surface area contributed by atoms with Gasteiger partial charge in [0.2, 0.25) is 0 Å². The van der Waals surface area contributed by atoms with Crippen LogP contribution in [0.15, 0.2) is 48.5 Å². The van der Waals surface area contributed by atoms with Gasteiger partial charge in [-0.3, -0.25) is 4.90 Å². The maximum Gasteiger partial charge on any atom is 0.338 e. The summed E-state index contributed by atoms with van der Waals surface area (Å²) in [4.78, 5) is 14.4. The lowest BCUT2D eigenvalue weighted by molar-refractivity contribution is 0.0355. The average Bonchev–Trinajstić information content (AvgIpc) is 2.66. The predicted octanol–water partition coefficient (Wildman–Crippen LogP) is 3.62. The van der Waals surface area contributed by atoms with Gasteiger partial charge in [0.15, 0.2) is 9.84 Å². The standard InChI is InChI=1S/C19H19Cl2NO4S/c20-16-7-6-15(12-17(16)21)19(23)26-13-18(14-4-2-1-3-5-14)22-8-10-27(24,25)11-9-22/h1-7,12,18H,8-11,13H2/t18-/m0/s1. The molecular formula is C19H19Cl2NO4S. The van der Waals surface area contributed by atoms with Crippen LogP contribution in [0, 0.1) is 0 Å². The second-order valence-electron chi connectivity index (χ2n) is 6.34. The van der Waals surface area contributed by atoms with E-state index >= 15 is 0 Å². The molecule has 2 aromatic rings. The highest BCUT2D eigenvalue weighted by Gasteiger charge is 2.29. The third-order valence-corrected chi connectivity index (χ3v) is 6.88. The van der Waals surface area contributed by atoms with Crippen molar-refractivity contribution in [3.8, 4) is 0 Å². The number of halogens is 2. The first-order valence-electron chi connectivity index (χ1n) is 8.47. The van der Waals surface area contributed by atoms with Gasteiger partial charge in [-0.25, -0.2) is 13.2 Å². The number of carbonyl (C=O) groups is 1. The molecule has 0 radical (unpaired) electrons. The minimum Gasteiger partial charge on any atom is -0.460 e. The number of hydrogen-bond acceptors (Lipinski definition) is 5. The van der Waals surface area contributed by atoms with Crippen LogP contribution in [0.4, 0.5) is 0 Å². The molecule has 3 rings (SSSR count). The second kappa shape index (κ2) is 8.61. The lowest BCUT2D eigenvalue weighted by Crippen LogP contribution is -2.43. The van der Waals surface area contributed by atoms with Crippen molar-refractivity contribution in [2.75, 3.05) is 31.2 Å². The summed E-state index contributed by atoms with van der Waals surface area (Å²) in [6.07, 6.45) is 0. The molecule has 1 atom stereocenters. The largest absolute Gasteiger partial charge is 0.460 e. The summed E-state index contributed by atoms with van der Waals surface area (Å²) >= 11 is 11.8. The molecular weight excluding hydrogens is 409 g/mol. The van der Waals surface area contributed by atoms with E-state index in [1.165, 1.54) is 6.07 Å². The molecule has 0 aromatic heterocycles. The van der Waals surface area contributed by atoms with Crippen LogP contribution in [-0.2, 0) is 14.6 Å². The molecule has 1 heterocycles. The van der Waals surface area contributed by atoms with Crippen LogP contribution < -0.4 is 0 Å². The number of rotatable bonds is 5. The molecule has 144 valence electrons. The van der Waals surface area contributed by atoms with Crippen molar-refractivity contribution in [1.29, 1.82) is 0 Å². The highest BCUT2D eigenvalue weighted by atomic mass is 35.5. The van der Waals surface area contributed by atoms with Crippen molar-refractivity contribution in [1.82, 2.24) is 4.90 Å². The van der Waals surface area contributed by atoms with Gasteiger partial charge in [-0.1, -0.05) is 53.5 Å². The van der Waals surface area contributed by atoms with E-state index < -0.39 is 15.8 Å². The van der Waals surface area contributed by atoms with E-state index in [9.17, 15) is 13.2 Å². The Bertz CT molecular complexity index is 905. The molecule has 0 N–H and O–H groups in total. The highest BCUT2D eigenvalue weighted by Crippen LogP contribution is 2.25. The normalized spacial score (nSPS) is 18.0. The number of carbonyl (C=O) groups excluding carboxylic acids is 1. The first-order valence-corrected chi connectivity index (χ1v) is 11.0. The zero-order valence-electron chi connectivity index (χ0n) is 14.5. The first kappa shape index (κ1) is 20.1. The second-order valence-corrected chi connectivity index (χ2v) is 9.46. The SMILES string of the molecule is O=C(OC[C@@H](c1ccccc1)N1CCS(=O)(=O)CC1)c1ccc(Cl)c(Cl)c1. The first-order chi connectivity index (χ1) is 12.9. The summed E-state index contributed by atoms with van der Waals surface area (Å²) in [6, 6.07) is 14.0. The third-order valence-electron chi connectivity index (χ3n) is 4.53. The maximum absolute atomic E-state index is 12.4. The van der Waals surface area contributed by atoms with Gasteiger partial charge in [-0.15, -0.1) is 0 Å². The number of sulfone groups is 1. The lowest BCUT2D eigenvalue weighted by Gasteiger charge is -2.34. The molecule has 0 bridgehead atoms. The Kier molecular flexibility index (Phi) is 6.42. The summed E-state index contributed by atoms with van der Waals surface area (Å²) in [6.45, 7) is 0.932. The number of esters is 1. The van der Waals surface area contributed by atoms with Gasteiger partial charge in [0.25, 0.3) is 0 Å². The molecule has 2 aromatic carbocycles. The van der Waals surface area contributed by atoms with E-state index in [0.29, 0.717) is 23.7 Å². The summed E-state index contributed by atoms with van der Waals surface area (Å²) < 4.78 is 29.0. The van der Waals surface area contributed by atoms with E-state index in [2.05, 4.69) is 0 Å². The Morgan fingerprint density at radius 1 is 1.04 bits per heavy atom. The summed E-state index contributed by atoms with van der Waals surface area (Å²) in [5.41, 5.74) is 1.29. The Balaban J connectivity index is 1.73. The van der Waals surface area contributed by atoms with Crippen molar-refractivity contribution in [3.05, 3.63) is 69.7 Å². The van der Waals surface area contributed by atoms with Gasteiger partial charge in [-0.2, -0.15) is 0 Å². The van der Waals surface area contributed by atoms with Gasteiger partial charge >= 0.3 is 5.97 Å². The van der Waals surface area contributed by atoms with E-state index in [4.69, 9.17) is 27.9 Å². The van der Waals surface area contributed by atoms with Crippen molar-refractivity contribution < 1.29 is 17.9 Å². The maximum atomic E-state index is 12.4. The van der Waals surface area contributed by atoms with Crippen LogP contribution in [0.25, 0.3) is 0 Å². The third kappa shape index (κ3) is 5.23. The van der Waals surface area contributed by atoms with Crippen LogP contribution >= 0.6 is 23.2 Å². The van der Waals surface area contributed by atoms with Crippen molar-refractivity contribution >= 4 is 39.0 Å². The van der Waals surface area contributed by atoms with Gasteiger partial charge in [0.1, 0.15) is 6.61 Å². The fraction of sp³-hybridized carbons (Fsp3) is 0.316. The Labute approximate surface area is 168 Å². The molecule has 1 fully saturated rings. The van der Waals surface area contributed by atoms with E-state index in [1.807, 2.05) is 35.2 Å². The van der Waals surface area contributed by atoms with Gasteiger partial charge in [0.05, 0.1) is 33.2 Å². The number of ether oxygens (including phenoxy) is 1. The van der Waals surface area contributed by atoms with Gasteiger partial charge < -0.3 is 4.74 Å². The fourth-order valence-corrected chi connectivity index (χ4v) is 4.51. The van der Waals surface area contributed by atoms with E-state index in [-0.39, 0.29) is 29.2 Å². The molecule has 27 heavy (non-hydrogen) atoms. The fourth-order valence-electron chi connectivity index (χ4n) is 2.99. The highest BCUT2D eigenvalue weighted by molar-refractivity contribution is 7.91. The van der Waals surface area contributed by atoms with Crippen LogP contribution in [-0.4, -0.2) is 50.5 Å². The Hall–Kier alpha value is -1.60. The summed E-state index contributed by atoms with van der Waals surface area (Å²) in [5, 5.41) is 0.650. The molecule has 0 unspecified atom stereocenters. The summed E-state index contributed by atoms with van der Waals surface area (Å²) in [7, 11) is -2.99. The van der Waals surface area contributed by atoms with Crippen molar-refractivity contribution in [2.24, 2.45) is 0 Å². The predicted molar refractivity (Wildman–Crippen MR) is 106 cm³/mol. The minimum absolute atomic E-state index is 0.108. The van der Waals surface area contributed by atoms with Gasteiger partial charge in [-0.05, 0) is 23.8 Å². The molecule has 0 amide bonds. The van der Waals surface area contributed by atoms with E-state index in [1.54, 1.807) is 12.1 Å². The van der Waals surface area contributed by atoms with Crippen molar-refractivity contribution in [2.45, 2.75) is 6.04 Å². The molecule has 0 aliphatic carbocycles. The quantitative estimate of drug-likeness (QED) is 0.681. The number of nitrogens with zero attached hydrogens (tertiary/aromatic N) is 1. The Morgan fingerprint density at radius 3 is 2.33 bits per heavy atom. The molecule has 5 nitrogen and oxygen atoms in total. The molecule has 1 aliphatic rings. The smallest absolute Gasteiger partial charge is 0.338 e. The van der Waals surface area contributed by atoms with Crippen LogP contribution in [0.5, 0.6) is 0 Å². The monoisotopic (exact) mass is 427 g/mol. The zero-order chi connectivity index (χ0) is 19.4. The molecule has 8 heteroatoms.